The normalized spacial score (nSPS) is 25.6. The molecule has 11 unspecified atom stereocenters. The monoisotopic (exact) mass is 1000 g/mol. The van der Waals surface area contributed by atoms with Crippen molar-refractivity contribution in [2.24, 2.45) is 0 Å². The van der Waals surface area contributed by atoms with Crippen molar-refractivity contribution >= 4 is 5.97 Å². The quantitative estimate of drug-likeness (QED) is 0.0172. The highest BCUT2D eigenvalue weighted by atomic mass is 16.7. The summed E-state index contributed by atoms with van der Waals surface area (Å²) in [5.74, 6) is -0.378. The van der Waals surface area contributed by atoms with Crippen LogP contribution < -0.4 is 0 Å². The van der Waals surface area contributed by atoms with Gasteiger partial charge in [-0.2, -0.15) is 0 Å². The number of unbranched alkanes of at least 4 members (excludes halogenated alkanes) is 28. The van der Waals surface area contributed by atoms with E-state index in [0.29, 0.717) is 13.0 Å². The summed E-state index contributed by atoms with van der Waals surface area (Å²) in [5, 5.41) is 72.3. The van der Waals surface area contributed by atoms with Gasteiger partial charge >= 0.3 is 5.97 Å². The number of ether oxygens (including phenoxy) is 6. The van der Waals surface area contributed by atoms with Crippen LogP contribution >= 0.6 is 0 Å². The van der Waals surface area contributed by atoms with Gasteiger partial charge in [-0.05, 0) is 64.2 Å². The molecule has 0 aliphatic carbocycles. The molecule has 70 heavy (non-hydrogen) atoms. The number of aliphatic hydroxyl groups is 7. The van der Waals surface area contributed by atoms with Crippen LogP contribution in [-0.4, -0.2) is 142 Å². The van der Waals surface area contributed by atoms with Gasteiger partial charge in [0, 0.05) is 13.0 Å². The molecule has 0 aromatic rings. The van der Waals surface area contributed by atoms with Crippen LogP contribution in [0, 0.1) is 0 Å². The molecule has 2 aliphatic heterocycles. The Bertz CT molecular complexity index is 1250. The van der Waals surface area contributed by atoms with Gasteiger partial charge in [0.15, 0.2) is 12.6 Å². The van der Waals surface area contributed by atoms with Gasteiger partial charge in [0.25, 0.3) is 0 Å². The van der Waals surface area contributed by atoms with Gasteiger partial charge in [-0.15, -0.1) is 0 Å². The van der Waals surface area contributed by atoms with Crippen LogP contribution in [0.5, 0.6) is 0 Å². The molecular formula is C56H104O14. The Labute approximate surface area is 424 Å². The molecule has 412 valence electrons. The lowest BCUT2D eigenvalue weighted by atomic mass is 9.98. The number of hydrogen-bond acceptors (Lipinski definition) is 14. The van der Waals surface area contributed by atoms with Crippen LogP contribution in [0.4, 0.5) is 0 Å². The van der Waals surface area contributed by atoms with E-state index in [4.69, 9.17) is 28.4 Å². The molecule has 2 fully saturated rings. The zero-order chi connectivity index (χ0) is 50.9. The zero-order valence-electron chi connectivity index (χ0n) is 44.0. The minimum atomic E-state index is -1.71. The van der Waals surface area contributed by atoms with Crippen LogP contribution in [-0.2, 0) is 33.2 Å². The number of rotatable bonds is 46. The third-order valence-electron chi connectivity index (χ3n) is 13.7. The molecule has 0 spiro atoms. The predicted octanol–water partition coefficient (Wildman–Crippen LogP) is 9.58. The van der Waals surface area contributed by atoms with Crippen molar-refractivity contribution in [3.63, 3.8) is 0 Å². The van der Waals surface area contributed by atoms with Gasteiger partial charge in [0.1, 0.15) is 54.9 Å². The van der Waals surface area contributed by atoms with E-state index in [1.807, 2.05) is 0 Å². The summed E-state index contributed by atoms with van der Waals surface area (Å²) < 4.78 is 34.4. The van der Waals surface area contributed by atoms with Gasteiger partial charge in [-0.1, -0.05) is 179 Å². The standard InChI is InChI=1S/C56H104O14/c1-3-5-7-9-11-13-15-17-19-21-22-23-25-27-29-31-33-35-37-39-48(58)68-45(42-65-40-38-36-34-32-30-28-26-24-20-18-16-14-12-10-8-6-4-2)43-66-55-54(64)52(62)50(60)47(70-55)44-67-56-53(63)51(61)49(59)46(41-57)69-56/h17,19-20,24,45-47,49-57,59-64H,3-16,18,21-23,25-44H2,1-2H3/b19-17-,24-20-. The molecule has 0 amide bonds. The SMILES string of the molecule is CCCCCCCC/C=C\CCCCCCCCCCCC(=O)OC(COCCCCCCCC/C=C\CCCCCCCCC)COC1OC(COC2OC(CO)C(O)C(O)C2O)C(O)C(O)C1O. The van der Waals surface area contributed by atoms with E-state index in [2.05, 4.69) is 38.2 Å². The van der Waals surface area contributed by atoms with Crippen LogP contribution in [0.15, 0.2) is 24.3 Å². The molecule has 0 aromatic carbocycles. The lowest BCUT2D eigenvalue weighted by molar-refractivity contribution is -0.332. The van der Waals surface area contributed by atoms with Gasteiger partial charge in [-0.25, -0.2) is 0 Å². The Morgan fingerprint density at radius 1 is 0.457 bits per heavy atom. The summed E-state index contributed by atoms with van der Waals surface area (Å²) in [6.45, 7) is 3.70. The van der Waals surface area contributed by atoms with Crippen LogP contribution in [0.1, 0.15) is 226 Å². The largest absolute Gasteiger partial charge is 0.457 e. The molecule has 0 radical (unpaired) electrons. The Morgan fingerprint density at radius 2 is 0.843 bits per heavy atom. The Morgan fingerprint density at radius 3 is 1.30 bits per heavy atom. The number of hydrogen-bond donors (Lipinski definition) is 7. The molecule has 0 saturated carbocycles. The Hall–Kier alpha value is -1.53. The number of carbonyl (C=O) groups excluding carboxylic acids is 1. The zero-order valence-corrected chi connectivity index (χ0v) is 44.0. The minimum absolute atomic E-state index is 0.0596. The topological polar surface area (TPSA) is 214 Å². The lowest BCUT2D eigenvalue weighted by Crippen LogP contribution is -2.61. The second kappa shape index (κ2) is 43.8. The second-order valence-corrected chi connectivity index (χ2v) is 20.1. The number of allylic oxidation sites excluding steroid dienone is 4. The van der Waals surface area contributed by atoms with Crippen molar-refractivity contribution in [3.8, 4) is 0 Å². The maximum atomic E-state index is 13.1. The first-order chi connectivity index (χ1) is 34.1. The van der Waals surface area contributed by atoms with E-state index < -0.39 is 80.7 Å². The summed E-state index contributed by atoms with van der Waals surface area (Å²) in [5.41, 5.74) is 0. The molecule has 2 aliphatic rings. The van der Waals surface area contributed by atoms with Crippen molar-refractivity contribution in [2.75, 3.05) is 33.0 Å². The number of aliphatic hydroxyl groups excluding tert-OH is 7. The fourth-order valence-corrected chi connectivity index (χ4v) is 9.04. The summed E-state index contributed by atoms with van der Waals surface area (Å²) in [6.07, 6.45) is 32.3. The summed E-state index contributed by atoms with van der Waals surface area (Å²) in [4.78, 5) is 13.1. The van der Waals surface area contributed by atoms with Crippen molar-refractivity contribution in [2.45, 2.75) is 293 Å². The van der Waals surface area contributed by atoms with Gasteiger partial charge < -0.3 is 64.2 Å². The van der Waals surface area contributed by atoms with Gasteiger partial charge in [-0.3, -0.25) is 4.79 Å². The smallest absolute Gasteiger partial charge is 0.306 e. The maximum absolute atomic E-state index is 13.1. The molecule has 2 saturated heterocycles. The predicted molar refractivity (Wildman–Crippen MR) is 275 cm³/mol. The van der Waals surface area contributed by atoms with E-state index in [-0.39, 0.29) is 25.6 Å². The molecule has 2 heterocycles. The molecular weight excluding hydrogens is 897 g/mol. The molecule has 14 heteroatoms. The summed E-state index contributed by atoms with van der Waals surface area (Å²) in [6, 6.07) is 0. The van der Waals surface area contributed by atoms with E-state index in [0.717, 1.165) is 44.9 Å². The van der Waals surface area contributed by atoms with Gasteiger partial charge in [0.2, 0.25) is 0 Å². The minimum Gasteiger partial charge on any atom is -0.457 e. The van der Waals surface area contributed by atoms with Crippen molar-refractivity contribution in [1.82, 2.24) is 0 Å². The third-order valence-corrected chi connectivity index (χ3v) is 13.7. The molecule has 7 N–H and O–H groups in total. The van der Waals surface area contributed by atoms with E-state index in [1.54, 1.807) is 0 Å². The highest BCUT2D eigenvalue weighted by Gasteiger charge is 2.47. The molecule has 11 atom stereocenters. The lowest BCUT2D eigenvalue weighted by Gasteiger charge is -2.42. The summed E-state index contributed by atoms with van der Waals surface area (Å²) >= 11 is 0. The van der Waals surface area contributed by atoms with Gasteiger partial charge in [0.05, 0.1) is 26.4 Å². The number of esters is 1. The fourth-order valence-electron chi connectivity index (χ4n) is 9.04. The van der Waals surface area contributed by atoms with E-state index >= 15 is 0 Å². The Kier molecular flexibility index (Phi) is 40.4. The van der Waals surface area contributed by atoms with Crippen molar-refractivity contribution < 1.29 is 69.0 Å². The van der Waals surface area contributed by atoms with E-state index in [1.165, 1.54) is 154 Å². The molecule has 14 nitrogen and oxygen atoms in total. The van der Waals surface area contributed by atoms with Crippen molar-refractivity contribution in [3.05, 3.63) is 24.3 Å². The highest BCUT2D eigenvalue weighted by molar-refractivity contribution is 5.69. The average molecular weight is 1000 g/mol. The molecule has 0 bridgehead atoms. The first-order valence-corrected chi connectivity index (χ1v) is 28.4. The third kappa shape index (κ3) is 30.6. The van der Waals surface area contributed by atoms with Crippen LogP contribution in [0.2, 0.25) is 0 Å². The first kappa shape index (κ1) is 64.6. The highest BCUT2D eigenvalue weighted by Crippen LogP contribution is 2.27. The molecule has 0 aromatic heterocycles. The second-order valence-electron chi connectivity index (χ2n) is 20.1. The molecule has 2 rings (SSSR count). The summed E-state index contributed by atoms with van der Waals surface area (Å²) in [7, 11) is 0. The number of carbonyl (C=O) groups is 1. The Balaban J connectivity index is 1.73. The maximum Gasteiger partial charge on any atom is 0.306 e. The van der Waals surface area contributed by atoms with Crippen LogP contribution in [0.25, 0.3) is 0 Å². The van der Waals surface area contributed by atoms with E-state index in [9.17, 15) is 40.5 Å². The average Bonchev–Trinajstić information content (AvgIpc) is 3.36. The first-order valence-electron chi connectivity index (χ1n) is 28.4. The fraction of sp³-hybridized carbons (Fsp3) is 0.911. The van der Waals surface area contributed by atoms with Crippen molar-refractivity contribution in [1.29, 1.82) is 0 Å². The van der Waals surface area contributed by atoms with Crippen LogP contribution in [0.3, 0.4) is 0 Å².